The predicted molar refractivity (Wildman–Crippen MR) is 159 cm³/mol. The van der Waals surface area contributed by atoms with Crippen molar-refractivity contribution in [1.82, 2.24) is 19.9 Å². The molecule has 2 fully saturated rings. The molecule has 0 spiro atoms. The number of hydrogen-bond acceptors (Lipinski definition) is 8. The topological polar surface area (TPSA) is 101 Å². The molecule has 0 radical (unpaired) electrons. The molecule has 1 N–H and O–H groups in total. The summed E-state index contributed by atoms with van der Waals surface area (Å²) in [6.07, 6.45) is 5.84. The van der Waals surface area contributed by atoms with Gasteiger partial charge in [0.2, 0.25) is 0 Å². The number of ether oxygens (including phenoxy) is 1. The molecular formula is C32H39FN6O3. The molecule has 1 amide bonds. The zero-order chi connectivity index (χ0) is 30.0. The number of carbonyl (C=O) groups excluding carboxylic acids is 2. The van der Waals surface area contributed by atoms with Gasteiger partial charge in [-0.2, -0.15) is 0 Å². The summed E-state index contributed by atoms with van der Waals surface area (Å²) in [4.78, 5) is 44.3. The number of carbonyl (C=O) groups is 2. The Morgan fingerprint density at radius 1 is 1.12 bits per heavy atom. The molecule has 0 bridgehead atoms. The Hall–Kier alpha value is -4.08. The van der Waals surface area contributed by atoms with Gasteiger partial charge in [0.25, 0.3) is 5.91 Å². The van der Waals surface area contributed by atoms with E-state index in [1.807, 2.05) is 38.7 Å². The van der Waals surface area contributed by atoms with E-state index in [9.17, 15) is 14.0 Å². The number of methoxy groups -OCH3 is 1. The third-order valence-corrected chi connectivity index (χ3v) is 8.39. The van der Waals surface area contributed by atoms with Crippen molar-refractivity contribution in [2.75, 3.05) is 37.0 Å². The SMILES string of the molecule is COC(=O)c1c(C)cc(N2CCN(C(=O)c3cnc(NCc4ccc(F)cc4)c(CC4CCC4)n3)C(C)(C)C2)nc1C. The monoisotopic (exact) mass is 574 g/mol. The van der Waals surface area contributed by atoms with Crippen molar-refractivity contribution in [3.63, 3.8) is 0 Å². The molecule has 0 atom stereocenters. The van der Waals surface area contributed by atoms with E-state index in [-0.39, 0.29) is 11.7 Å². The van der Waals surface area contributed by atoms with Gasteiger partial charge in [-0.1, -0.05) is 31.4 Å². The molecule has 222 valence electrons. The third kappa shape index (κ3) is 6.22. The van der Waals surface area contributed by atoms with Crippen molar-refractivity contribution in [2.45, 2.75) is 65.5 Å². The molecule has 1 aliphatic heterocycles. The van der Waals surface area contributed by atoms with Crippen LogP contribution in [0, 0.1) is 25.6 Å². The van der Waals surface area contributed by atoms with E-state index in [0.29, 0.717) is 54.9 Å². The fourth-order valence-corrected chi connectivity index (χ4v) is 5.83. The molecule has 5 rings (SSSR count). The van der Waals surface area contributed by atoms with E-state index < -0.39 is 11.5 Å². The Kier molecular flexibility index (Phi) is 8.43. The van der Waals surface area contributed by atoms with Crippen LogP contribution < -0.4 is 10.2 Å². The Labute approximate surface area is 246 Å². The number of nitrogens with zero attached hydrogens (tertiary/aromatic N) is 5. The van der Waals surface area contributed by atoms with Gasteiger partial charge >= 0.3 is 5.97 Å². The summed E-state index contributed by atoms with van der Waals surface area (Å²) in [5.74, 6) is 1.17. The summed E-state index contributed by atoms with van der Waals surface area (Å²) >= 11 is 0. The number of anilines is 2. The summed E-state index contributed by atoms with van der Waals surface area (Å²) in [7, 11) is 1.37. The summed E-state index contributed by atoms with van der Waals surface area (Å²) in [6, 6.07) is 8.27. The number of piperazine rings is 1. The fourth-order valence-electron chi connectivity index (χ4n) is 5.83. The van der Waals surface area contributed by atoms with Crippen molar-refractivity contribution in [3.05, 3.63) is 76.1 Å². The van der Waals surface area contributed by atoms with Crippen LogP contribution in [-0.2, 0) is 17.7 Å². The van der Waals surface area contributed by atoms with Gasteiger partial charge in [0.1, 0.15) is 23.1 Å². The lowest BCUT2D eigenvalue weighted by molar-refractivity contribution is 0.0505. The van der Waals surface area contributed by atoms with Crippen molar-refractivity contribution in [2.24, 2.45) is 5.92 Å². The van der Waals surface area contributed by atoms with Crippen LogP contribution in [0.4, 0.5) is 16.0 Å². The second kappa shape index (κ2) is 12.0. The molecule has 2 aliphatic rings. The van der Waals surface area contributed by atoms with Crippen LogP contribution in [0.25, 0.3) is 0 Å². The number of nitrogens with one attached hydrogen (secondary N) is 1. The number of pyridine rings is 1. The average Bonchev–Trinajstić information content (AvgIpc) is 2.93. The molecule has 3 heterocycles. The van der Waals surface area contributed by atoms with Crippen LogP contribution in [0.3, 0.4) is 0 Å². The van der Waals surface area contributed by atoms with Gasteiger partial charge in [0, 0.05) is 26.2 Å². The van der Waals surface area contributed by atoms with Gasteiger partial charge in [-0.25, -0.2) is 24.1 Å². The first-order valence-corrected chi connectivity index (χ1v) is 14.5. The van der Waals surface area contributed by atoms with Crippen molar-refractivity contribution < 1.29 is 18.7 Å². The van der Waals surface area contributed by atoms with Gasteiger partial charge in [0.05, 0.1) is 35.8 Å². The standard InChI is InChI=1S/C32H39FN6O3/c1-20-15-27(36-21(2)28(20)31(41)42-5)38-13-14-39(32(3,4)19-38)30(40)26-18-35-29(25(37-26)16-22-7-6-8-22)34-17-23-9-11-24(33)12-10-23/h9-12,15,18,22H,6-8,13-14,16-17,19H2,1-5H3,(H,34,35). The Morgan fingerprint density at radius 2 is 1.86 bits per heavy atom. The highest BCUT2D eigenvalue weighted by molar-refractivity contribution is 5.93. The Bertz CT molecular complexity index is 1450. The summed E-state index contributed by atoms with van der Waals surface area (Å²) < 4.78 is 18.2. The minimum Gasteiger partial charge on any atom is -0.465 e. The molecular weight excluding hydrogens is 535 g/mol. The summed E-state index contributed by atoms with van der Waals surface area (Å²) in [5, 5.41) is 3.35. The van der Waals surface area contributed by atoms with Crippen molar-refractivity contribution >= 4 is 23.5 Å². The third-order valence-electron chi connectivity index (χ3n) is 8.39. The number of hydrogen-bond donors (Lipinski definition) is 1. The van der Waals surface area contributed by atoms with E-state index >= 15 is 0 Å². The number of rotatable bonds is 8. The summed E-state index contributed by atoms with van der Waals surface area (Å²) in [6.45, 7) is 9.93. The predicted octanol–water partition coefficient (Wildman–Crippen LogP) is 5.11. The number of aromatic nitrogens is 3. The van der Waals surface area contributed by atoms with E-state index in [2.05, 4.69) is 15.2 Å². The van der Waals surface area contributed by atoms with Crippen molar-refractivity contribution in [3.8, 4) is 0 Å². The van der Waals surface area contributed by atoms with E-state index in [4.69, 9.17) is 14.7 Å². The smallest absolute Gasteiger partial charge is 0.339 e. The van der Waals surface area contributed by atoms with Crippen LogP contribution in [0.2, 0.25) is 0 Å². The number of amides is 1. The highest BCUT2D eigenvalue weighted by Gasteiger charge is 2.38. The van der Waals surface area contributed by atoms with E-state index in [0.717, 1.165) is 41.9 Å². The first-order valence-electron chi connectivity index (χ1n) is 14.5. The lowest BCUT2D eigenvalue weighted by Gasteiger charge is -2.47. The second-order valence-corrected chi connectivity index (χ2v) is 12.0. The maximum absolute atomic E-state index is 13.8. The second-order valence-electron chi connectivity index (χ2n) is 12.0. The molecule has 0 unspecified atom stereocenters. The first-order chi connectivity index (χ1) is 20.1. The van der Waals surface area contributed by atoms with Gasteiger partial charge in [0.15, 0.2) is 0 Å². The maximum Gasteiger partial charge on any atom is 0.339 e. The molecule has 42 heavy (non-hydrogen) atoms. The highest BCUT2D eigenvalue weighted by atomic mass is 19.1. The highest BCUT2D eigenvalue weighted by Crippen LogP contribution is 2.32. The average molecular weight is 575 g/mol. The number of aryl methyl sites for hydroxylation is 2. The van der Waals surface area contributed by atoms with Crippen molar-refractivity contribution in [1.29, 1.82) is 0 Å². The van der Waals surface area contributed by atoms with E-state index in [1.165, 1.54) is 25.7 Å². The molecule has 3 aromatic rings. The first kappa shape index (κ1) is 29.4. The lowest BCUT2D eigenvalue weighted by atomic mass is 9.82. The van der Waals surface area contributed by atoms with Crippen LogP contribution in [0.1, 0.15) is 76.5 Å². The quantitative estimate of drug-likeness (QED) is 0.371. The lowest BCUT2D eigenvalue weighted by Crippen LogP contribution is -2.61. The van der Waals surface area contributed by atoms with Gasteiger partial charge in [-0.05, 0) is 69.4 Å². The van der Waals surface area contributed by atoms with Crippen LogP contribution in [0.15, 0.2) is 36.5 Å². The van der Waals surface area contributed by atoms with Crippen LogP contribution >= 0.6 is 0 Å². The van der Waals surface area contributed by atoms with E-state index in [1.54, 1.807) is 18.3 Å². The minimum absolute atomic E-state index is 0.145. The number of esters is 1. The molecule has 1 saturated carbocycles. The van der Waals surface area contributed by atoms with Gasteiger partial charge < -0.3 is 19.9 Å². The molecule has 9 nitrogen and oxygen atoms in total. The molecule has 1 aliphatic carbocycles. The summed E-state index contributed by atoms with van der Waals surface area (Å²) in [5.41, 5.74) is 3.48. The van der Waals surface area contributed by atoms with Crippen LogP contribution in [0.5, 0.6) is 0 Å². The largest absolute Gasteiger partial charge is 0.465 e. The maximum atomic E-state index is 13.8. The zero-order valence-corrected chi connectivity index (χ0v) is 25.0. The zero-order valence-electron chi connectivity index (χ0n) is 25.0. The van der Waals surface area contributed by atoms with Crippen LogP contribution in [-0.4, -0.2) is 64.0 Å². The molecule has 2 aromatic heterocycles. The fraction of sp³-hybridized carbons (Fsp3) is 0.469. The molecule has 10 heteroatoms. The number of benzene rings is 1. The Morgan fingerprint density at radius 3 is 2.48 bits per heavy atom. The Balaban J connectivity index is 1.33. The van der Waals surface area contributed by atoms with Gasteiger partial charge in [-0.15, -0.1) is 0 Å². The number of halogens is 1. The molecule has 1 aromatic carbocycles. The van der Waals surface area contributed by atoms with Gasteiger partial charge in [-0.3, -0.25) is 4.79 Å². The molecule has 1 saturated heterocycles. The normalized spacial score (nSPS) is 16.6. The minimum atomic E-state index is -0.505.